The van der Waals surface area contributed by atoms with Gasteiger partial charge in [-0.1, -0.05) is 12.1 Å². The van der Waals surface area contributed by atoms with E-state index in [4.69, 9.17) is 0 Å². The van der Waals surface area contributed by atoms with Crippen LogP contribution in [0, 0.1) is 0 Å². The highest BCUT2D eigenvalue weighted by Gasteiger charge is 2.48. The van der Waals surface area contributed by atoms with Crippen LogP contribution in [0.2, 0.25) is 0 Å². The number of phenolic OH excluding ortho intramolecular Hbond substituents is 1. The number of anilines is 1. The Morgan fingerprint density at radius 1 is 1.14 bits per heavy atom. The largest absolute Gasteiger partial charge is 0.506 e. The lowest BCUT2D eigenvalue weighted by atomic mass is 10.1. The number of halogens is 3. The van der Waals surface area contributed by atoms with Gasteiger partial charge in [0.25, 0.3) is 5.91 Å². The minimum atomic E-state index is -4.62. The molecule has 0 saturated carbocycles. The van der Waals surface area contributed by atoms with Crippen LogP contribution in [0.25, 0.3) is 10.9 Å². The number of rotatable bonds is 3. The summed E-state index contributed by atoms with van der Waals surface area (Å²) in [5.74, 6) is 1.49. The van der Waals surface area contributed by atoms with Crippen LogP contribution in [0.1, 0.15) is 5.69 Å². The van der Waals surface area contributed by atoms with E-state index in [0.29, 0.717) is 48.4 Å². The molecule has 1 atom stereocenters. The lowest BCUT2D eigenvalue weighted by Crippen LogP contribution is -2.60. The number of quaternary nitrogens is 1. The molecule has 7 nitrogen and oxygen atoms in total. The number of hydrogen-bond donors (Lipinski definition) is 1. The molecular formula is C25H25F3N5O2S+. The highest BCUT2D eigenvalue weighted by Crippen LogP contribution is 2.40. The van der Waals surface area contributed by atoms with Gasteiger partial charge in [-0.3, -0.25) is 4.79 Å². The molecule has 0 unspecified atom stereocenters. The third-order valence-corrected chi connectivity index (χ3v) is 8.25. The molecule has 4 aliphatic heterocycles. The van der Waals surface area contributed by atoms with Crippen LogP contribution in [0.15, 0.2) is 60.0 Å². The van der Waals surface area contributed by atoms with Gasteiger partial charge in [-0.2, -0.15) is 17.8 Å². The van der Waals surface area contributed by atoms with E-state index in [1.165, 1.54) is 6.07 Å². The summed E-state index contributed by atoms with van der Waals surface area (Å²) in [6, 6.07) is 5.73. The molecule has 5 heterocycles. The number of fused-ring (bicyclic) bond motifs is 2. The number of benzene rings is 1. The van der Waals surface area contributed by atoms with E-state index in [1.54, 1.807) is 23.9 Å². The van der Waals surface area contributed by atoms with Gasteiger partial charge in [0.15, 0.2) is 5.70 Å². The predicted octanol–water partition coefficient (Wildman–Crippen LogP) is 3.70. The monoisotopic (exact) mass is 516 g/mol. The molecule has 2 aromatic rings. The molecule has 6 rings (SSSR count). The van der Waals surface area contributed by atoms with E-state index in [2.05, 4.69) is 16.2 Å². The molecule has 2 fully saturated rings. The molecule has 0 aliphatic carbocycles. The number of alkyl halides is 3. The number of aromatic hydroxyl groups is 1. The Labute approximate surface area is 210 Å². The lowest BCUT2D eigenvalue weighted by molar-refractivity contribution is -0.948. The van der Waals surface area contributed by atoms with Crippen LogP contribution in [0.3, 0.4) is 0 Å². The smallest absolute Gasteiger partial charge is 0.433 e. The number of phenols is 1. The van der Waals surface area contributed by atoms with Gasteiger partial charge in [0, 0.05) is 48.6 Å². The molecule has 2 saturated heterocycles. The van der Waals surface area contributed by atoms with Crippen molar-refractivity contribution in [1.82, 2.24) is 14.9 Å². The van der Waals surface area contributed by atoms with Gasteiger partial charge in [-0.05, 0) is 18.2 Å². The molecular weight excluding hydrogens is 491 g/mol. The van der Waals surface area contributed by atoms with E-state index in [9.17, 15) is 23.1 Å². The zero-order valence-corrected chi connectivity index (χ0v) is 20.2. The molecule has 36 heavy (non-hydrogen) atoms. The standard InChI is InChI=1S/C25H24F3N5O2S/c26-25(27,28)22-14-20(19-4-1-5-21(34)23(19)29-22)30-6-8-32(9-7-30)33-11-2-3-18(33)13-17(15-33)24(35)31-10-12-36-16-31/h1-5,11,13-14H,6-10,12,15-16H2/p+1/t33-/m1/s1. The van der Waals surface area contributed by atoms with Crippen LogP contribution in [0.5, 0.6) is 5.75 Å². The average molecular weight is 517 g/mol. The molecule has 0 spiro atoms. The van der Waals surface area contributed by atoms with Gasteiger partial charge in [-0.15, -0.1) is 16.8 Å². The number of carbonyl (C=O) groups is 1. The van der Waals surface area contributed by atoms with Gasteiger partial charge in [0.2, 0.25) is 0 Å². The Hall–Kier alpha value is -3.02. The van der Waals surface area contributed by atoms with Crippen molar-refractivity contribution in [1.29, 1.82) is 0 Å². The summed E-state index contributed by atoms with van der Waals surface area (Å²) in [6.07, 6.45) is 3.48. The number of amides is 1. The molecule has 1 aromatic carbocycles. The predicted molar refractivity (Wildman–Crippen MR) is 132 cm³/mol. The van der Waals surface area contributed by atoms with E-state index in [0.717, 1.165) is 35.5 Å². The maximum atomic E-state index is 13.6. The van der Waals surface area contributed by atoms with Crippen LogP contribution in [-0.2, 0) is 11.0 Å². The third kappa shape index (κ3) is 3.77. The van der Waals surface area contributed by atoms with Gasteiger partial charge >= 0.3 is 6.18 Å². The zero-order valence-electron chi connectivity index (χ0n) is 19.4. The summed E-state index contributed by atoms with van der Waals surface area (Å²) in [4.78, 5) is 20.6. The minimum absolute atomic E-state index is 0.0497. The van der Waals surface area contributed by atoms with Crippen LogP contribution < -0.4 is 4.90 Å². The van der Waals surface area contributed by atoms with Gasteiger partial charge < -0.3 is 14.9 Å². The number of pyridine rings is 1. The Bertz CT molecular complexity index is 1330. The van der Waals surface area contributed by atoms with E-state index < -0.39 is 11.9 Å². The summed E-state index contributed by atoms with van der Waals surface area (Å²) >= 11 is 1.76. The number of carbonyl (C=O) groups excluding carboxylic acids is 1. The van der Waals surface area contributed by atoms with Crippen molar-refractivity contribution in [3.05, 3.63) is 65.7 Å². The van der Waals surface area contributed by atoms with Gasteiger partial charge in [-0.25, -0.2) is 4.98 Å². The Morgan fingerprint density at radius 2 is 1.94 bits per heavy atom. The fourth-order valence-electron chi connectivity index (χ4n) is 5.47. The van der Waals surface area contributed by atoms with Crippen molar-refractivity contribution in [3.8, 4) is 5.75 Å². The Balaban J connectivity index is 1.24. The number of hydrogen-bond acceptors (Lipinski definition) is 6. The zero-order chi connectivity index (χ0) is 25.1. The fourth-order valence-corrected chi connectivity index (χ4v) is 6.41. The quantitative estimate of drug-likeness (QED) is 0.628. The summed E-state index contributed by atoms with van der Waals surface area (Å²) < 4.78 is 41.2. The molecule has 4 aliphatic rings. The highest BCUT2D eigenvalue weighted by atomic mass is 32.2. The first-order valence-electron chi connectivity index (χ1n) is 11.8. The van der Waals surface area contributed by atoms with Crippen molar-refractivity contribution in [3.63, 3.8) is 0 Å². The van der Waals surface area contributed by atoms with E-state index in [-0.39, 0.29) is 17.2 Å². The van der Waals surface area contributed by atoms with Crippen molar-refractivity contribution in [2.45, 2.75) is 6.18 Å². The number of para-hydroxylation sites is 1. The fraction of sp³-hybridized carbons (Fsp3) is 0.360. The number of nitrogens with zero attached hydrogens (tertiary/aromatic N) is 5. The Kier molecular flexibility index (Phi) is 5.54. The average Bonchev–Trinajstić information content (AvgIpc) is 3.60. The molecule has 1 amide bonds. The topological polar surface area (TPSA) is 59.9 Å². The molecule has 0 radical (unpaired) electrons. The van der Waals surface area contributed by atoms with Crippen molar-refractivity contribution in [2.75, 3.05) is 55.8 Å². The molecule has 11 heteroatoms. The summed E-state index contributed by atoms with van der Waals surface area (Å²) in [7, 11) is 0. The van der Waals surface area contributed by atoms with E-state index in [1.807, 2.05) is 28.0 Å². The highest BCUT2D eigenvalue weighted by molar-refractivity contribution is 7.99. The second-order valence-corrected chi connectivity index (χ2v) is 10.4. The summed E-state index contributed by atoms with van der Waals surface area (Å²) in [5, 5.41) is 13.0. The van der Waals surface area contributed by atoms with Crippen molar-refractivity contribution >= 4 is 34.3 Å². The number of allylic oxidation sites excluding steroid dienone is 3. The first-order chi connectivity index (χ1) is 17.3. The third-order valence-electron chi connectivity index (χ3n) is 7.28. The molecule has 188 valence electrons. The van der Waals surface area contributed by atoms with Crippen LogP contribution >= 0.6 is 11.8 Å². The summed E-state index contributed by atoms with van der Waals surface area (Å²) in [5.41, 5.74) is 1.18. The molecule has 1 aromatic heterocycles. The normalized spacial score (nSPS) is 24.4. The van der Waals surface area contributed by atoms with Gasteiger partial charge in [0.1, 0.15) is 29.7 Å². The van der Waals surface area contributed by atoms with Gasteiger partial charge in [0.05, 0.1) is 24.5 Å². The second-order valence-electron chi connectivity index (χ2n) is 9.33. The van der Waals surface area contributed by atoms with E-state index >= 15 is 0 Å². The van der Waals surface area contributed by atoms with Crippen molar-refractivity contribution < 1.29 is 27.7 Å². The van der Waals surface area contributed by atoms with Crippen molar-refractivity contribution in [2.24, 2.45) is 0 Å². The number of thioether (sulfide) groups is 1. The van der Waals surface area contributed by atoms with Crippen LogP contribution in [0.4, 0.5) is 18.9 Å². The number of piperazine rings is 1. The molecule has 0 bridgehead atoms. The maximum Gasteiger partial charge on any atom is 0.433 e. The summed E-state index contributed by atoms with van der Waals surface area (Å²) in [6.45, 7) is 3.51. The maximum absolute atomic E-state index is 13.6. The first-order valence-corrected chi connectivity index (χ1v) is 13.0. The first kappa shape index (κ1) is 23.4. The molecule has 1 N–H and O–H groups in total. The Morgan fingerprint density at radius 3 is 2.67 bits per heavy atom. The minimum Gasteiger partial charge on any atom is -0.506 e. The second kappa shape index (κ2) is 8.53. The SMILES string of the molecule is O=C(C1=CC2=CC=C[N@@+]2(N2CCN(c3cc(C(F)(F)F)nc4c(O)cccc34)CC2)C1)N1CCSC1. The lowest BCUT2D eigenvalue weighted by Gasteiger charge is -2.44. The van der Waals surface area contributed by atoms with Crippen LogP contribution in [-0.4, -0.2) is 81.4 Å². The number of aromatic nitrogens is 1.